The van der Waals surface area contributed by atoms with Gasteiger partial charge in [-0.15, -0.1) is 0 Å². The summed E-state index contributed by atoms with van der Waals surface area (Å²) < 4.78 is 26.9. The molecule has 2 aliphatic rings. The summed E-state index contributed by atoms with van der Waals surface area (Å²) in [5.41, 5.74) is 0.295. The predicted octanol–water partition coefficient (Wildman–Crippen LogP) is 2.05. The monoisotopic (exact) mass is 281 g/mol. The summed E-state index contributed by atoms with van der Waals surface area (Å²) in [6.07, 6.45) is 2.50. The minimum atomic E-state index is -0.866. The van der Waals surface area contributed by atoms with Crippen LogP contribution in [0.3, 0.4) is 0 Å². The maximum absolute atomic E-state index is 13.7. The molecule has 1 N–H and O–H groups in total. The third kappa shape index (κ3) is 2.42. The number of nitrogens with zero attached hydrogens (tertiary/aromatic N) is 1. The Morgan fingerprint density at radius 1 is 1.35 bits per heavy atom. The molecule has 108 valence electrons. The fourth-order valence-corrected chi connectivity index (χ4v) is 2.80. The SMILES string of the molecule is O=C([C@H]1C[C@@H]1c1cccc(F)c1F)N(CCO)C1CC1. The molecule has 2 atom stereocenters. The van der Waals surface area contributed by atoms with E-state index in [-0.39, 0.29) is 30.4 Å². The molecule has 2 saturated carbocycles. The van der Waals surface area contributed by atoms with Crippen LogP contribution >= 0.6 is 0 Å². The van der Waals surface area contributed by atoms with Crippen LogP contribution in [0.5, 0.6) is 0 Å². The van der Waals surface area contributed by atoms with Crippen LogP contribution in [-0.2, 0) is 4.79 Å². The molecule has 5 heteroatoms. The minimum Gasteiger partial charge on any atom is -0.395 e. The highest BCUT2D eigenvalue weighted by Crippen LogP contribution is 2.50. The van der Waals surface area contributed by atoms with Crippen molar-refractivity contribution in [2.24, 2.45) is 5.92 Å². The minimum absolute atomic E-state index is 0.0322. The molecule has 1 amide bonds. The number of hydrogen-bond donors (Lipinski definition) is 1. The highest BCUT2D eigenvalue weighted by molar-refractivity contribution is 5.83. The number of rotatable bonds is 5. The summed E-state index contributed by atoms with van der Waals surface area (Å²) in [6, 6.07) is 4.33. The van der Waals surface area contributed by atoms with E-state index in [1.165, 1.54) is 6.07 Å². The largest absolute Gasteiger partial charge is 0.395 e. The van der Waals surface area contributed by atoms with Crippen molar-refractivity contribution < 1.29 is 18.7 Å². The van der Waals surface area contributed by atoms with Crippen molar-refractivity contribution in [3.63, 3.8) is 0 Å². The highest BCUT2D eigenvalue weighted by Gasteiger charge is 2.49. The van der Waals surface area contributed by atoms with Gasteiger partial charge in [-0.2, -0.15) is 0 Å². The molecule has 0 bridgehead atoms. The molecule has 3 nitrogen and oxygen atoms in total. The van der Waals surface area contributed by atoms with E-state index in [9.17, 15) is 13.6 Å². The number of carbonyl (C=O) groups is 1. The Labute approximate surface area is 116 Å². The summed E-state index contributed by atoms with van der Waals surface area (Å²) in [7, 11) is 0. The first-order valence-corrected chi connectivity index (χ1v) is 6.98. The lowest BCUT2D eigenvalue weighted by Gasteiger charge is -2.21. The van der Waals surface area contributed by atoms with Crippen molar-refractivity contribution >= 4 is 5.91 Å². The number of benzene rings is 1. The molecular weight excluding hydrogens is 264 g/mol. The molecule has 0 saturated heterocycles. The maximum atomic E-state index is 13.7. The normalized spacial score (nSPS) is 24.6. The lowest BCUT2D eigenvalue weighted by atomic mass is 10.1. The summed E-state index contributed by atoms with van der Waals surface area (Å²) in [5, 5.41) is 9.02. The fourth-order valence-electron chi connectivity index (χ4n) is 2.80. The molecule has 0 unspecified atom stereocenters. The first-order chi connectivity index (χ1) is 9.63. The summed E-state index contributed by atoms with van der Waals surface area (Å²) in [4.78, 5) is 14.1. The molecule has 2 aliphatic carbocycles. The van der Waals surface area contributed by atoms with Crippen LogP contribution in [-0.4, -0.2) is 35.1 Å². The first-order valence-electron chi connectivity index (χ1n) is 6.98. The van der Waals surface area contributed by atoms with Crippen molar-refractivity contribution in [1.82, 2.24) is 4.90 Å². The van der Waals surface area contributed by atoms with E-state index in [1.54, 1.807) is 11.0 Å². The Hall–Kier alpha value is -1.49. The van der Waals surface area contributed by atoms with E-state index in [1.807, 2.05) is 0 Å². The summed E-state index contributed by atoms with van der Waals surface area (Å²) in [6.45, 7) is 0.270. The Morgan fingerprint density at radius 2 is 2.10 bits per heavy atom. The first kappa shape index (κ1) is 13.5. The van der Waals surface area contributed by atoms with E-state index in [2.05, 4.69) is 0 Å². The van der Waals surface area contributed by atoms with Gasteiger partial charge in [-0.1, -0.05) is 12.1 Å². The molecule has 0 aromatic heterocycles. The van der Waals surface area contributed by atoms with Gasteiger partial charge in [0.25, 0.3) is 0 Å². The van der Waals surface area contributed by atoms with Crippen molar-refractivity contribution in [2.75, 3.05) is 13.2 Å². The van der Waals surface area contributed by atoms with Gasteiger partial charge in [-0.25, -0.2) is 8.78 Å². The maximum Gasteiger partial charge on any atom is 0.226 e. The van der Waals surface area contributed by atoms with Crippen molar-refractivity contribution in [3.05, 3.63) is 35.4 Å². The molecule has 0 spiro atoms. The average Bonchev–Trinajstić information content (AvgIpc) is 3.30. The number of carbonyl (C=O) groups excluding carboxylic acids is 1. The zero-order valence-electron chi connectivity index (χ0n) is 11.1. The number of aliphatic hydroxyl groups is 1. The molecule has 0 radical (unpaired) electrons. The standard InChI is InChI=1S/C15H17F2NO2/c16-13-3-1-2-10(14(13)17)11-8-12(11)15(20)18(6-7-19)9-4-5-9/h1-3,9,11-12,19H,4-8H2/t11-,12+/m1/s1. The van der Waals surface area contributed by atoms with Gasteiger partial charge in [0.05, 0.1) is 6.61 Å². The van der Waals surface area contributed by atoms with Crippen LogP contribution in [0.4, 0.5) is 8.78 Å². The quantitative estimate of drug-likeness (QED) is 0.897. The molecule has 0 heterocycles. The van der Waals surface area contributed by atoms with Crippen LogP contribution in [0.1, 0.15) is 30.7 Å². The van der Waals surface area contributed by atoms with E-state index in [0.717, 1.165) is 18.9 Å². The number of halogens is 2. The van der Waals surface area contributed by atoms with Gasteiger partial charge >= 0.3 is 0 Å². The van der Waals surface area contributed by atoms with E-state index < -0.39 is 11.6 Å². The van der Waals surface area contributed by atoms with Gasteiger partial charge in [0.15, 0.2) is 11.6 Å². The van der Waals surface area contributed by atoms with Gasteiger partial charge < -0.3 is 10.0 Å². The van der Waals surface area contributed by atoms with Gasteiger partial charge in [0.1, 0.15) is 0 Å². The van der Waals surface area contributed by atoms with Crippen molar-refractivity contribution in [1.29, 1.82) is 0 Å². The Balaban J connectivity index is 1.71. The smallest absolute Gasteiger partial charge is 0.226 e. The molecule has 0 aliphatic heterocycles. The van der Waals surface area contributed by atoms with E-state index in [0.29, 0.717) is 18.5 Å². The molecule has 3 rings (SSSR count). The van der Waals surface area contributed by atoms with Crippen molar-refractivity contribution in [2.45, 2.75) is 31.2 Å². The number of aliphatic hydroxyl groups excluding tert-OH is 1. The third-order valence-corrected chi connectivity index (χ3v) is 4.10. The average molecular weight is 281 g/mol. The van der Waals surface area contributed by atoms with Crippen LogP contribution in [0, 0.1) is 17.6 Å². The van der Waals surface area contributed by atoms with Gasteiger partial charge in [-0.3, -0.25) is 4.79 Å². The lowest BCUT2D eigenvalue weighted by molar-refractivity contribution is -0.133. The van der Waals surface area contributed by atoms with Crippen LogP contribution < -0.4 is 0 Å². The Bertz CT molecular complexity index is 531. The second kappa shape index (κ2) is 5.13. The molecule has 1 aromatic rings. The Morgan fingerprint density at radius 3 is 2.75 bits per heavy atom. The topological polar surface area (TPSA) is 40.5 Å². The van der Waals surface area contributed by atoms with Crippen LogP contribution in [0.25, 0.3) is 0 Å². The predicted molar refractivity (Wildman–Crippen MR) is 69.0 cm³/mol. The summed E-state index contributed by atoms with van der Waals surface area (Å²) in [5.74, 6) is -2.23. The van der Waals surface area contributed by atoms with Crippen LogP contribution in [0.15, 0.2) is 18.2 Å². The second-order valence-corrected chi connectivity index (χ2v) is 5.58. The number of amides is 1. The molecule has 1 aromatic carbocycles. The van der Waals surface area contributed by atoms with E-state index in [4.69, 9.17) is 5.11 Å². The molecule has 20 heavy (non-hydrogen) atoms. The second-order valence-electron chi connectivity index (χ2n) is 5.58. The fraction of sp³-hybridized carbons (Fsp3) is 0.533. The highest BCUT2D eigenvalue weighted by atomic mass is 19.2. The lowest BCUT2D eigenvalue weighted by Crippen LogP contribution is -2.36. The molecule has 2 fully saturated rings. The van der Waals surface area contributed by atoms with Gasteiger partial charge in [-0.05, 0) is 36.8 Å². The van der Waals surface area contributed by atoms with Crippen LogP contribution in [0.2, 0.25) is 0 Å². The number of hydrogen-bond acceptors (Lipinski definition) is 2. The van der Waals surface area contributed by atoms with E-state index >= 15 is 0 Å². The van der Waals surface area contributed by atoms with Gasteiger partial charge in [0, 0.05) is 18.5 Å². The van der Waals surface area contributed by atoms with Gasteiger partial charge in [0.2, 0.25) is 5.91 Å². The molecular formula is C15H17F2NO2. The van der Waals surface area contributed by atoms with Crippen molar-refractivity contribution in [3.8, 4) is 0 Å². The third-order valence-electron chi connectivity index (χ3n) is 4.10. The Kier molecular flexibility index (Phi) is 3.46. The summed E-state index contributed by atoms with van der Waals surface area (Å²) >= 11 is 0. The zero-order chi connectivity index (χ0) is 14.3. The zero-order valence-corrected chi connectivity index (χ0v) is 11.1.